The molecule has 2 aromatic rings. The monoisotopic (exact) mass is 262 g/mol. The summed E-state index contributed by atoms with van der Waals surface area (Å²) in [4.78, 5) is 16.0. The third-order valence-electron chi connectivity index (χ3n) is 2.95. The molecule has 1 aromatic heterocycles. The van der Waals surface area contributed by atoms with Crippen LogP contribution in [0.1, 0.15) is 11.4 Å². The van der Waals surface area contributed by atoms with E-state index in [0.29, 0.717) is 5.69 Å². The van der Waals surface area contributed by atoms with Crippen LogP contribution in [-0.4, -0.2) is 15.5 Å². The summed E-state index contributed by atoms with van der Waals surface area (Å²) >= 11 is 0. The van der Waals surface area contributed by atoms with Gasteiger partial charge < -0.3 is 15.6 Å². The summed E-state index contributed by atoms with van der Waals surface area (Å²) in [6, 6.07) is 3.86. The Kier molecular flexibility index (Phi) is 3.50. The molecular weight excluding hydrogens is 247 g/mol. The third kappa shape index (κ3) is 2.90. The number of nitrogens with zero attached hydrogens (tertiary/aromatic N) is 2. The first-order valence-electron chi connectivity index (χ1n) is 5.80. The molecule has 0 radical (unpaired) electrons. The fraction of sp³-hybridized carbons (Fsp3) is 0.231. The van der Waals surface area contributed by atoms with Gasteiger partial charge in [-0.05, 0) is 32.0 Å². The van der Waals surface area contributed by atoms with Gasteiger partial charge in [0.05, 0.1) is 23.4 Å². The van der Waals surface area contributed by atoms with Gasteiger partial charge >= 0.3 is 0 Å². The molecule has 0 aliphatic heterocycles. The lowest BCUT2D eigenvalue weighted by atomic mass is 10.2. The molecule has 1 heterocycles. The van der Waals surface area contributed by atoms with E-state index < -0.39 is 5.82 Å². The lowest BCUT2D eigenvalue weighted by Gasteiger charge is -2.09. The standard InChI is InChI=1S/C13H15FN4O/c1-8-9(2)18(7-16-8)6-13(19)17-12-4-3-10(14)5-11(12)15/h3-5,7H,6,15H2,1-2H3,(H,17,19). The average molecular weight is 262 g/mol. The lowest BCUT2D eigenvalue weighted by molar-refractivity contribution is -0.116. The van der Waals surface area contributed by atoms with E-state index in [9.17, 15) is 9.18 Å². The van der Waals surface area contributed by atoms with Crippen molar-refractivity contribution in [2.75, 3.05) is 11.1 Å². The molecule has 0 spiro atoms. The first-order valence-corrected chi connectivity index (χ1v) is 5.80. The average Bonchev–Trinajstić information content (AvgIpc) is 2.65. The number of carbonyl (C=O) groups excluding carboxylic acids is 1. The van der Waals surface area contributed by atoms with E-state index in [0.717, 1.165) is 11.4 Å². The minimum absolute atomic E-state index is 0.142. The topological polar surface area (TPSA) is 72.9 Å². The van der Waals surface area contributed by atoms with E-state index >= 15 is 0 Å². The number of aromatic nitrogens is 2. The number of anilines is 2. The number of amides is 1. The largest absolute Gasteiger partial charge is 0.397 e. The van der Waals surface area contributed by atoms with Crippen LogP contribution >= 0.6 is 0 Å². The maximum atomic E-state index is 12.9. The number of imidazole rings is 1. The number of nitrogens with one attached hydrogen (secondary N) is 1. The van der Waals surface area contributed by atoms with Gasteiger partial charge in [-0.1, -0.05) is 0 Å². The second-order valence-electron chi connectivity index (χ2n) is 4.32. The molecule has 0 atom stereocenters. The summed E-state index contributed by atoms with van der Waals surface area (Å²) in [7, 11) is 0. The van der Waals surface area contributed by atoms with Gasteiger partial charge in [0.2, 0.25) is 5.91 Å². The first kappa shape index (κ1) is 13.1. The molecule has 0 bridgehead atoms. The fourth-order valence-electron chi connectivity index (χ4n) is 1.70. The molecule has 1 amide bonds. The van der Waals surface area contributed by atoms with E-state index in [1.54, 1.807) is 10.9 Å². The SMILES string of the molecule is Cc1ncn(CC(=O)Nc2ccc(F)cc2N)c1C. The Balaban J connectivity index is 2.07. The number of nitrogens with two attached hydrogens (primary N) is 1. The molecule has 0 aliphatic carbocycles. The maximum Gasteiger partial charge on any atom is 0.244 e. The van der Waals surface area contributed by atoms with Crippen molar-refractivity contribution in [3.63, 3.8) is 0 Å². The molecule has 1 aromatic carbocycles. The van der Waals surface area contributed by atoms with Crippen LogP contribution in [0.4, 0.5) is 15.8 Å². The van der Waals surface area contributed by atoms with E-state index in [1.165, 1.54) is 18.2 Å². The minimum Gasteiger partial charge on any atom is -0.397 e. The molecule has 19 heavy (non-hydrogen) atoms. The van der Waals surface area contributed by atoms with Gasteiger partial charge in [0.25, 0.3) is 0 Å². The van der Waals surface area contributed by atoms with Crippen LogP contribution in [-0.2, 0) is 11.3 Å². The number of aryl methyl sites for hydroxylation is 1. The summed E-state index contributed by atoms with van der Waals surface area (Å²) in [5.41, 5.74) is 8.04. The maximum absolute atomic E-state index is 12.9. The summed E-state index contributed by atoms with van der Waals surface area (Å²) in [5.74, 6) is -0.671. The quantitative estimate of drug-likeness (QED) is 0.829. The summed E-state index contributed by atoms with van der Waals surface area (Å²) in [5, 5.41) is 2.64. The second kappa shape index (κ2) is 5.09. The van der Waals surface area contributed by atoms with Gasteiger partial charge in [-0.2, -0.15) is 0 Å². The van der Waals surface area contributed by atoms with Crippen molar-refractivity contribution in [2.24, 2.45) is 0 Å². The molecular formula is C13H15FN4O. The van der Waals surface area contributed by atoms with Crippen molar-refractivity contribution in [1.29, 1.82) is 0 Å². The van der Waals surface area contributed by atoms with Crippen molar-refractivity contribution >= 4 is 17.3 Å². The van der Waals surface area contributed by atoms with Gasteiger partial charge in [0, 0.05) is 5.69 Å². The lowest BCUT2D eigenvalue weighted by Crippen LogP contribution is -2.19. The minimum atomic E-state index is -0.434. The summed E-state index contributed by atoms with van der Waals surface area (Å²) < 4.78 is 14.6. The highest BCUT2D eigenvalue weighted by Crippen LogP contribution is 2.19. The van der Waals surface area contributed by atoms with Crippen LogP contribution in [0.3, 0.4) is 0 Å². The zero-order chi connectivity index (χ0) is 14.0. The zero-order valence-corrected chi connectivity index (χ0v) is 10.8. The first-order chi connectivity index (χ1) is 8.97. The van der Waals surface area contributed by atoms with Gasteiger partial charge in [0.1, 0.15) is 12.4 Å². The van der Waals surface area contributed by atoms with Crippen molar-refractivity contribution in [2.45, 2.75) is 20.4 Å². The predicted octanol–water partition coefficient (Wildman–Crippen LogP) is 1.86. The number of hydrogen-bond donors (Lipinski definition) is 2. The number of rotatable bonds is 3. The number of halogens is 1. The molecule has 0 unspecified atom stereocenters. The molecule has 0 saturated heterocycles. The van der Waals surface area contributed by atoms with E-state index in [-0.39, 0.29) is 18.1 Å². The number of nitrogen functional groups attached to an aromatic ring is 1. The zero-order valence-electron chi connectivity index (χ0n) is 10.8. The number of benzene rings is 1. The van der Waals surface area contributed by atoms with Gasteiger partial charge in [-0.25, -0.2) is 9.37 Å². The third-order valence-corrected chi connectivity index (χ3v) is 2.95. The Hall–Kier alpha value is -2.37. The van der Waals surface area contributed by atoms with Gasteiger partial charge in [0.15, 0.2) is 0 Å². The molecule has 0 aliphatic rings. The molecule has 5 nitrogen and oxygen atoms in total. The van der Waals surface area contributed by atoms with Crippen LogP contribution in [0, 0.1) is 19.7 Å². The molecule has 0 fully saturated rings. The highest BCUT2D eigenvalue weighted by atomic mass is 19.1. The summed E-state index contributed by atoms with van der Waals surface area (Å²) in [6.45, 7) is 3.91. The Morgan fingerprint density at radius 1 is 1.47 bits per heavy atom. The Labute approximate surface area is 110 Å². The van der Waals surface area contributed by atoms with Crippen LogP contribution in [0.5, 0.6) is 0 Å². The molecule has 2 rings (SSSR count). The van der Waals surface area contributed by atoms with Crippen LogP contribution in [0.25, 0.3) is 0 Å². The molecule has 100 valence electrons. The second-order valence-corrected chi connectivity index (χ2v) is 4.32. The fourth-order valence-corrected chi connectivity index (χ4v) is 1.70. The molecule has 6 heteroatoms. The Bertz CT molecular complexity index is 621. The van der Waals surface area contributed by atoms with Gasteiger partial charge in [-0.15, -0.1) is 0 Å². The Morgan fingerprint density at radius 2 is 2.21 bits per heavy atom. The highest BCUT2D eigenvalue weighted by molar-refractivity contribution is 5.93. The predicted molar refractivity (Wildman–Crippen MR) is 71.1 cm³/mol. The van der Waals surface area contributed by atoms with Crippen molar-refractivity contribution in [1.82, 2.24) is 9.55 Å². The van der Waals surface area contributed by atoms with Crippen molar-refractivity contribution in [3.05, 3.63) is 41.7 Å². The Morgan fingerprint density at radius 3 is 2.79 bits per heavy atom. The van der Waals surface area contributed by atoms with Crippen molar-refractivity contribution < 1.29 is 9.18 Å². The van der Waals surface area contributed by atoms with Crippen molar-refractivity contribution in [3.8, 4) is 0 Å². The van der Waals surface area contributed by atoms with E-state index in [1.807, 2.05) is 13.8 Å². The molecule has 3 N–H and O–H groups in total. The van der Waals surface area contributed by atoms with Crippen LogP contribution in [0.2, 0.25) is 0 Å². The molecule has 0 saturated carbocycles. The summed E-state index contributed by atoms with van der Waals surface area (Å²) in [6.07, 6.45) is 1.61. The highest BCUT2D eigenvalue weighted by Gasteiger charge is 2.09. The van der Waals surface area contributed by atoms with Gasteiger partial charge in [-0.3, -0.25) is 4.79 Å². The normalized spacial score (nSPS) is 10.5. The number of hydrogen-bond acceptors (Lipinski definition) is 3. The van der Waals surface area contributed by atoms with Crippen LogP contribution in [0.15, 0.2) is 24.5 Å². The van der Waals surface area contributed by atoms with Crippen LogP contribution < -0.4 is 11.1 Å². The van der Waals surface area contributed by atoms with E-state index in [4.69, 9.17) is 5.73 Å². The smallest absolute Gasteiger partial charge is 0.244 e. The number of carbonyl (C=O) groups is 1. The van der Waals surface area contributed by atoms with E-state index in [2.05, 4.69) is 10.3 Å².